The van der Waals surface area contributed by atoms with Gasteiger partial charge in [0.2, 0.25) is 11.5 Å². The number of hydrogen-bond donors (Lipinski definition) is 1. The van der Waals surface area contributed by atoms with Crippen LogP contribution in [0.1, 0.15) is 34.9 Å². The predicted molar refractivity (Wildman–Crippen MR) is 111 cm³/mol. The lowest BCUT2D eigenvalue weighted by molar-refractivity contribution is -0.538. The zero-order chi connectivity index (χ0) is 22.8. The number of benzene rings is 2. The maximum Gasteiger partial charge on any atom is 0.326 e. The van der Waals surface area contributed by atoms with Crippen LogP contribution in [0.3, 0.4) is 0 Å². The van der Waals surface area contributed by atoms with E-state index in [2.05, 4.69) is 0 Å². The number of ether oxygens (including phenoxy) is 2. The molecule has 8 nitrogen and oxygen atoms in total. The molecule has 0 amide bonds. The number of rotatable bonds is 5. The minimum Gasteiger partial charge on any atom is -0.468 e. The molecule has 1 aliphatic carbocycles. The number of aryl methyl sites for hydroxylation is 1. The van der Waals surface area contributed by atoms with Crippen molar-refractivity contribution < 1.29 is 29.1 Å². The van der Waals surface area contributed by atoms with Crippen molar-refractivity contribution in [3.05, 3.63) is 81.4 Å². The first-order chi connectivity index (χ1) is 14.8. The Morgan fingerprint density at radius 2 is 1.55 bits per heavy atom. The first-order valence-corrected chi connectivity index (χ1v) is 9.88. The molecule has 164 valence electrons. The van der Waals surface area contributed by atoms with Crippen molar-refractivity contribution in [3.63, 3.8) is 0 Å². The molecule has 31 heavy (non-hydrogen) atoms. The first kappa shape index (κ1) is 22.4. The predicted octanol–water partition coefficient (Wildman–Crippen LogP) is 2.60. The molecule has 3 rings (SSSR count). The monoisotopic (exact) mass is 427 g/mol. The highest BCUT2D eigenvalue weighted by Gasteiger charge is 2.69. The summed E-state index contributed by atoms with van der Waals surface area (Å²) in [5.74, 6) is -4.16. The van der Waals surface area contributed by atoms with E-state index in [9.17, 15) is 24.8 Å². The summed E-state index contributed by atoms with van der Waals surface area (Å²) in [7, 11) is 2.16. The van der Waals surface area contributed by atoms with Crippen molar-refractivity contribution in [2.24, 2.45) is 5.41 Å². The van der Waals surface area contributed by atoms with Crippen LogP contribution >= 0.6 is 0 Å². The Morgan fingerprint density at radius 3 is 2.03 bits per heavy atom. The van der Waals surface area contributed by atoms with Gasteiger partial charge >= 0.3 is 11.9 Å². The van der Waals surface area contributed by atoms with Gasteiger partial charge in [-0.2, -0.15) is 0 Å². The number of aliphatic hydroxyl groups is 1. The fourth-order valence-electron chi connectivity index (χ4n) is 4.76. The van der Waals surface area contributed by atoms with E-state index in [1.807, 2.05) is 6.92 Å². The summed E-state index contributed by atoms with van der Waals surface area (Å²) < 4.78 is 9.82. The molecule has 0 spiro atoms. The van der Waals surface area contributed by atoms with Crippen molar-refractivity contribution >= 4 is 11.9 Å². The number of nitrogens with zero attached hydrogens (tertiary/aromatic N) is 1. The van der Waals surface area contributed by atoms with Gasteiger partial charge in [0.1, 0.15) is 0 Å². The Kier molecular flexibility index (Phi) is 6.40. The summed E-state index contributed by atoms with van der Waals surface area (Å²) >= 11 is 0. The molecule has 0 saturated heterocycles. The number of carbonyl (C=O) groups excluding carboxylic acids is 2. The van der Waals surface area contributed by atoms with E-state index in [1.165, 1.54) is 0 Å². The Bertz CT molecular complexity index is 942. The van der Waals surface area contributed by atoms with Crippen LogP contribution in [0.15, 0.2) is 54.6 Å². The summed E-state index contributed by atoms with van der Waals surface area (Å²) in [4.78, 5) is 38.1. The zero-order valence-corrected chi connectivity index (χ0v) is 17.6. The standard InChI is InChI=1S/C23H25NO7/c1-14-9-11-16(12-10-14)19-20(24(28)29)17(15-7-5-4-6-8-15)13-18(25)23(19,21(26)30-2)22(27)31-3/h4-12,17-20,25H,13H2,1-3H3/t17-,18+,19-,20+/m0/s1. The summed E-state index contributed by atoms with van der Waals surface area (Å²) in [6.07, 6.45) is -1.73. The summed E-state index contributed by atoms with van der Waals surface area (Å²) in [5, 5.41) is 23.6. The summed E-state index contributed by atoms with van der Waals surface area (Å²) in [6, 6.07) is 14.1. The van der Waals surface area contributed by atoms with E-state index in [4.69, 9.17) is 9.47 Å². The second kappa shape index (κ2) is 8.85. The van der Waals surface area contributed by atoms with E-state index in [0.717, 1.165) is 19.8 Å². The number of carbonyl (C=O) groups is 2. The normalized spacial score (nSPS) is 24.8. The molecule has 2 aromatic rings. The Balaban J connectivity index is 2.33. The van der Waals surface area contributed by atoms with Gasteiger partial charge in [-0.05, 0) is 24.5 Å². The van der Waals surface area contributed by atoms with Gasteiger partial charge in [-0.25, -0.2) is 0 Å². The lowest BCUT2D eigenvalue weighted by atomic mass is 9.56. The van der Waals surface area contributed by atoms with Gasteiger partial charge < -0.3 is 14.6 Å². The van der Waals surface area contributed by atoms with Crippen LogP contribution in [0.2, 0.25) is 0 Å². The fourth-order valence-corrected chi connectivity index (χ4v) is 4.76. The van der Waals surface area contributed by atoms with Crippen LogP contribution in [0.4, 0.5) is 0 Å². The van der Waals surface area contributed by atoms with Gasteiger partial charge in [-0.15, -0.1) is 0 Å². The number of methoxy groups -OCH3 is 2. The van der Waals surface area contributed by atoms with Crippen molar-refractivity contribution in [1.29, 1.82) is 0 Å². The molecule has 0 radical (unpaired) electrons. The smallest absolute Gasteiger partial charge is 0.326 e. The molecular formula is C23H25NO7. The SMILES string of the molecule is COC(=O)C1(C(=O)OC)[C@H](O)C[C@@H](c2ccccc2)[C@@H]([N+](=O)[O-])[C@@H]1c1ccc(C)cc1. The van der Waals surface area contributed by atoms with E-state index >= 15 is 0 Å². The van der Waals surface area contributed by atoms with Gasteiger partial charge in [-0.1, -0.05) is 60.2 Å². The number of nitro groups is 1. The molecule has 0 heterocycles. The van der Waals surface area contributed by atoms with Crippen molar-refractivity contribution in [1.82, 2.24) is 0 Å². The largest absolute Gasteiger partial charge is 0.468 e. The first-order valence-electron chi connectivity index (χ1n) is 9.88. The van der Waals surface area contributed by atoms with Crippen LogP contribution in [-0.2, 0) is 19.1 Å². The Labute approximate surface area is 179 Å². The average molecular weight is 427 g/mol. The topological polar surface area (TPSA) is 116 Å². The van der Waals surface area contributed by atoms with Crippen molar-refractivity contribution in [2.45, 2.75) is 37.3 Å². The Hall–Kier alpha value is -3.26. The fraction of sp³-hybridized carbons (Fsp3) is 0.391. The molecule has 1 saturated carbocycles. The van der Waals surface area contributed by atoms with E-state index in [-0.39, 0.29) is 6.42 Å². The zero-order valence-electron chi connectivity index (χ0n) is 17.6. The van der Waals surface area contributed by atoms with Crippen molar-refractivity contribution in [3.8, 4) is 0 Å². The van der Waals surface area contributed by atoms with E-state index in [0.29, 0.717) is 11.1 Å². The molecule has 0 bridgehead atoms. The van der Waals surface area contributed by atoms with E-state index < -0.39 is 46.3 Å². The molecular weight excluding hydrogens is 402 g/mol. The summed E-state index contributed by atoms with van der Waals surface area (Å²) in [6.45, 7) is 1.85. The third kappa shape index (κ3) is 3.67. The molecule has 2 aromatic carbocycles. The van der Waals surface area contributed by atoms with Crippen LogP contribution in [0.5, 0.6) is 0 Å². The maximum atomic E-state index is 13.1. The average Bonchev–Trinajstić information content (AvgIpc) is 2.78. The highest BCUT2D eigenvalue weighted by molar-refractivity contribution is 6.02. The molecule has 1 fully saturated rings. The highest BCUT2D eigenvalue weighted by Crippen LogP contribution is 2.54. The van der Waals surface area contributed by atoms with Gasteiger partial charge in [-0.3, -0.25) is 19.7 Å². The van der Waals surface area contributed by atoms with Crippen molar-refractivity contribution in [2.75, 3.05) is 14.2 Å². The second-order valence-corrected chi connectivity index (χ2v) is 7.79. The molecule has 4 atom stereocenters. The quantitative estimate of drug-likeness (QED) is 0.337. The van der Waals surface area contributed by atoms with Gasteiger partial charge in [0, 0.05) is 4.92 Å². The van der Waals surface area contributed by atoms with Crippen LogP contribution in [0, 0.1) is 22.5 Å². The Morgan fingerprint density at radius 1 is 1.00 bits per heavy atom. The van der Waals surface area contributed by atoms with Gasteiger partial charge in [0.25, 0.3) is 0 Å². The van der Waals surface area contributed by atoms with Gasteiger partial charge in [0.05, 0.1) is 32.2 Å². The number of aliphatic hydroxyl groups excluding tert-OH is 1. The molecule has 0 aliphatic heterocycles. The second-order valence-electron chi connectivity index (χ2n) is 7.79. The number of esters is 2. The number of hydrogen-bond acceptors (Lipinski definition) is 7. The lowest BCUT2D eigenvalue weighted by Crippen LogP contribution is -2.62. The minimum atomic E-state index is -2.28. The molecule has 8 heteroatoms. The van der Waals surface area contributed by atoms with Gasteiger partial charge in [0.15, 0.2) is 0 Å². The molecule has 1 N–H and O–H groups in total. The third-order valence-corrected chi connectivity index (χ3v) is 6.20. The minimum absolute atomic E-state index is 0.178. The van der Waals surface area contributed by atoms with Crippen LogP contribution < -0.4 is 0 Å². The lowest BCUT2D eigenvalue weighted by Gasteiger charge is -2.46. The third-order valence-electron chi connectivity index (χ3n) is 6.20. The van der Waals surface area contributed by atoms with Crippen LogP contribution in [0.25, 0.3) is 0 Å². The maximum absolute atomic E-state index is 13.1. The van der Waals surface area contributed by atoms with Crippen LogP contribution in [-0.4, -0.2) is 48.3 Å². The summed E-state index contributed by atoms with van der Waals surface area (Å²) in [5.41, 5.74) is -0.354. The molecule has 0 unspecified atom stereocenters. The molecule has 1 aliphatic rings. The molecule has 0 aromatic heterocycles. The van der Waals surface area contributed by atoms with E-state index in [1.54, 1.807) is 54.6 Å². The highest BCUT2D eigenvalue weighted by atomic mass is 16.6.